The minimum atomic E-state index is -0.129. The first-order valence-corrected chi connectivity index (χ1v) is 7.54. The predicted molar refractivity (Wildman–Crippen MR) is 85.0 cm³/mol. The van der Waals surface area contributed by atoms with Crippen LogP contribution in [0.3, 0.4) is 0 Å². The summed E-state index contributed by atoms with van der Waals surface area (Å²) in [4.78, 5) is 26.0. The number of rotatable bonds is 1. The normalized spacial score (nSPS) is 14.8. The molecule has 1 aliphatic heterocycles. The second-order valence-corrected chi connectivity index (χ2v) is 6.84. The summed E-state index contributed by atoms with van der Waals surface area (Å²) in [5.74, 6) is -0.0216. The third kappa shape index (κ3) is 2.58. The zero-order chi connectivity index (χ0) is 15.9. The Balaban J connectivity index is 1.80. The fourth-order valence-corrected chi connectivity index (χ4v) is 2.79. The van der Waals surface area contributed by atoms with Gasteiger partial charge in [-0.1, -0.05) is 32.9 Å². The molecule has 0 atom stereocenters. The van der Waals surface area contributed by atoms with E-state index in [1.54, 1.807) is 4.90 Å². The van der Waals surface area contributed by atoms with Crippen LogP contribution in [-0.4, -0.2) is 27.5 Å². The molecule has 5 nitrogen and oxygen atoms in total. The zero-order valence-corrected chi connectivity index (χ0v) is 13.2. The molecule has 116 valence electrons. The van der Waals surface area contributed by atoms with Gasteiger partial charge in [-0.05, 0) is 23.1 Å². The Bertz CT molecular complexity index is 747. The fraction of sp³-hybridized carbons (Fsp3) is 0.412. The quantitative estimate of drug-likeness (QED) is 0.847. The topological polar surface area (TPSA) is 69.0 Å². The van der Waals surface area contributed by atoms with Crippen molar-refractivity contribution in [2.45, 2.75) is 39.2 Å². The molecule has 0 bridgehead atoms. The molecule has 0 fully saturated rings. The first kappa shape index (κ1) is 14.6. The minimum Gasteiger partial charge on any atom is -0.334 e. The van der Waals surface area contributed by atoms with E-state index in [1.165, 1.54) is 5.56 Å². The Morgan fingerprint density at radius 1 is 1.14 bits per heavy atom. The highest BCUT2D eigenvalue weighted by Crippen LogP contribution is 2.23. The zero-order valence-electron chi connectivity index (χ0n) is 13.2. The van der Waals surface area contributed by atoms with Crippen molar-refractivity contribution in [1.82, 2.24) is 15.1 Å². The molecule has 5 heteroatoms. The number of nitrogens with zero attached hydrogens (tertiary/aromatic N) is 1. The van der Waals surface area contributed by atoms with Crippen molar-refractivity contribution in [1.29, 1.82) is 0 Å². The van der Waals surface area contributed by atoms with Gasteiger partial charge in [-0.3, -0.25) is 14.7 Å². The van der Waals surface area contributed by atoms with Crippen LogP contribution in [0.2, 0.25) is 0 Å². The molecule has 3 rings (SSSR count). The Labute approximate surface area is 129 Å². The van der Waals surface area contributed by atoms with Crippen molar-refractivity contribution in [3.63, 3.8) is 0 Å². The molecule has 1 aromatic heterocycles. The van der Waals surface area contributed by atoms with Gasteiger partial charge in [0.15, 0.2) is 0 Å². The lowest BCUT2D eigenvalue weighted by molar-refractivity contribution is 0.0734. The second-order valence-electron chi connectivity index (χ2n) is 6.84. The van der Waals surface area contributed by atoms with Crippen LogP contribution in [-0.2, 0) is 18.4 Å². The summed E-state index contributed by atoms with van der Waals surface area (Å²) in [6.45, 7) is 7.44. The van der Waals surface area contributed by atoms with Crippen molar-refractivity contribution in [3.05, 3.63) is 57.0 Å². The summed E-state index contributed by atoms with van der Waals surface area (Å²) in [5, 5.41) is 5.46. The van der Waals surface area contributed by atoms with Crippen LogP contribution < -0.4 is 5.56 Å². The highest BCUT2D eigenvalue weighted by Gasteiger charge is 2.25. The van der Waals surface area contributed by atoms with Crippen LogP contribution in [0, 0.1) is 0 Å². The highest BCUT2D eigenvalue weighted by atomic mass is 16.2. The van der Waals surface area contributed by atoms with Crippen LogP contribution in [0.5, 0.6) is 0 Å². The third-order valence-corrected chi connectivity index (χ3v) is 4.23. The maximum absolute atomic E-state index is 12.6. The van der Waals surface area contributed by atoms with Crippen molar-refractivity contribution in [2.75, 3.05) is 6.54 Å². The molecule has 22 heavy (non-hydrogen) atoms. The van der Waals surface area contributed by atoms with Crippen LogP contribution in [0.4, 0.5) is 0 Å². The number of hydrogen-bond donors (Lipinski definition) is 2. The smallest absolute Gasteiger partial charge is 0.269 e. The summed E-state index contributed by atoms with van der Waals surface area (Å²) < 4.78 is 0. The van der Waals surface area contributed by atoms with Crippen LogP contribution in [0.15, 0.2) is 29.1 Å². The van der Waals surface area contributed by atoms with Crippen molar-refractivity contribution < 1.29 is 4.79 Å². The van der Waals surface area contributed by atoms with Crippen LogP contribution in [0.25, 0.3) is 0 Å². The van der Waals surface area contributed by atoms with E-state index in [9.17, 15) is 9.59 Å². The van der Waals surface area contributed by atoms with Gasteiger partial charge in [-0.15, -0.1) is 0 Å². The number of carbonyl (C=O) groups excluding carboxylic acids is 1. The van der Waals surface area contributed by atoms with E-state index >= 15 is 0 Å². The number of aromatic nitrogens is 2. The lowest BCUT2D eigenvalue weighted by atomic mass is 9.86. The second kappa shape index (κ2) is 5.16. The number of aromatic amines is 2. The minimum absolute atomic E-state index is 0.0216. The molecular formula is C17H21N3O2. The van der Waals surface area contributed by atoms with Gasteiger partial charge in [0.1, 0.15) is 0 Å². The molecule has 2 aromatic rings. The Morgan fingerprint density at radius 2 is 1.82 bits per heavy atom. The van der Waals surface area contributed by atoms with Gasteiger partial charge in [0.05, 0.1) is 12.1 Å². The SMILES string of the molecule is CC(C)(C)c1ccc(C(=O)N2CCc3[nH][nH]c(=O)c3C2)cc1. The van der Waals surface area contributed by atoms with Gasteiger partial charge in [0.2, 0.25) is 0 Å². The van der Waals surface area contributed by atoms with Gasteiger partial charge in [-0.25, -0.2) is 0 Å². The first-order chi connectivity index (χ1) is 10.4. The number of fused-ring (bicyclic) bond motifs is 1. The van der Waals surface area contributed by atoms with E-state index in [0.717, 1.165) is 5.69 Å². The molecular weight excluding hydrogens is 278 g/mol. The van der Waals surface area contributed by atoms with E-state index in [4.69, 9.17) is 0 Å². The molecule has 2 N–H and O–H groups in total. The molecule has 0 saturated heterocycles. The summed E-state index contributed by atoms with van der Waals surface area (Å²) in [6, 6.07) is 7.76. The van der Waals surface area contributed by atoms with Gasteiger partial charge in [0.25, 0.3) is 11.5 Å². The highest BCUT2D eigenvalue weighted by molar-refractivity contribution is 5.94. The molecule has 0 spiro atoms. The van der Waals surface area contributed by atoms with Crippen molar-refractivity contribution >= 4 is 5.91 Å². The van der Waals surface area contributed by atoms with E-state index in [1.807, 2.05) is 24.3 Å². The number of H-pyrrole nitrogens is 2. The Kier molecular flexibility index (Phi) is 3.43. The standard InChI is InChI=1S/C17H21N3O2/c1-17(2,3)12-6-4-11(5-7-12)16(22)20-9-8-14-13(10-20)15(21)19-18-14/h4-7H,8-10H2,1-3H3,(H2,18,19,21). The average Bonchev–Trinajstić information content (AvgIpc) is 2.87. The monoisotopic (exact) mass is 299 g/mol. The molecule has 2 heterocycles. The van der Waals surface area contributed by atoms with Crippen molar-refractivity contribution in [3.8, 4) is 0 Å². The maximum Gasteiger partial charge on any atom is 0.269 e. The largest absolute Gasteiger partial charge is 0.334 e. The maximum atomic E-state index is 12.6. The molecule has 1 amide bonds. The number of carbonyl (C=O) groups is 1. The molecule has 0 radical (unpaired) electrons. The van der Waals surface area contributed by atoms with Crippen LogP contribution >= 0.6 is 0 Å². The van der Waals surface area contributed by atoms with Gasteiger partial charge in [0, 0.05) is 24.2 Å². The van der Waals surface area contributed by atoms with Crippen LogP contribution in [0.1, 0.15) is 48.0 Å². The summed E-state index contributed by atoms with van der Waals surface area (Å²) in [7, 11) is 0. The first-order valence-electron chi connectivity index (χ1n) is 7.54. The molecule has 0 aliphatic carbocycles. The molecule has 0 saturated carbocycles. The predicted octanol–water partition coefficient (Wildman–Crippen LogP) is 2.20. The van der Waals surface area contributed by atoms with Gasteiger partial charge < -0.3 is 10.00 Å². The fourth-order valence-electron chi connectivity index (χ4n) is 2.79. The summed E-state index contributed by atoms with van der Waals surface area (Å²) in [6.07, 6.45) is 0.680. The number of benzene rings is 1. The lowest BCUT2D eigenvalue weighted by Gasteiger charge is -2.26. The van der Waals surface area contributed by atoms with E-state index in [2.05, 4.69) is 31.0 Å². The molecule has 1 aromatic carbocycles. The van der Waals surface area contributed by atoms with Gasteiger partial charge in [-0.2, -0.15) is 0 Å². The summed E-state index contributed by atoms with van der Waals surface area (Å²) in [5.41, 5.74) is 3.40. The number of nitrogens with one attached hydrogen (secondary N) is 2. The molecule has 1 aliphatic rings. The van der Waals surface area contributed by atoms with Gasteiger partial charge >= 0.3 is 0 Å². The number of amides is 1. The lowest BCUT2D eigenvalue weighted by Crippen LogP contribution is -2.37. The Hall–Kier alpha value is -2.30. The van der Waals surface area contributed by atoms with Crippen molar-refractivity contribution in [2.24, 2.45) is 0 Å². The third-order valence-electron chi connectivity index (χ3n) is 4.23. The average molecular weight is 299 g/mol. The number of hydrogen-bond acceptors (Lipinski definition) is 2. The van der Waals surface area contributed by atoms with E-state index in [-0.39, 0.29) is 16.9 Å². The van der Waals surface area contributed by atoms with E-state index < -0.39 is 0 Å². The molecule has 0 unspecified atom stereocenters. The Morgan fingerprint density at radius 3 is 2.45 bits per heavy atom. The summed E-state index contributed by atoms with van der Waals surface area (Å²) >= 11 is 0. The van der Waals surface area contributed by atoms with E-state index in [0.29, 0.717) is 30.6 Å².